The minimum Gasteiger partial charge on any atom is -0.462 e. The molecule has 5 heteroatoms. The van der Waals surface area contributed by atoms with Crippen LogP contribution in [0, 0.1) is 0 Å². The van der Waals surface area contributed by atoms with E-state index in [9.17, 15) is 14.7 Å². The molecular formula is C71H128O5. The van der Waals surface area contributed by atoms with Gasteiger partial charge in [0, 0.05) is 12.8 Å². The lowest BCUT2D eigenvalue weighted by Crippen LogP contribution is -2.28. The molecule has 0 aromatic carbocycles. The van der Waals surface area contributed by atoms with Crippen molar-refractivity contribution in [1.29, 1.82) is 0 Å². The highest BCUT2D eigenvalue weighted by Crippen LogP contribution is 2.18. The van der Waals surface area contributed by atoms with E-state index in [4.69, 9.17) is 9.47 Å². The van der Waals surface area contributed by atoms with Crippen molar-refractivity contribution in [3.05, 3.63) is 72.9 Å². The van der Waals surface area contributed by atoms with Gasteiger partial charge in [0.05, 0.1) is 6.61 Å². The Morgan fingerprint density at radius 1 is 0.316 bits per heavy atom. The maximum atomic E-state index is 12.4. The largest absolute Gasteiger partial charge is 0.462 e. The number of carbonyl (C=O) groups excluding carboxylic acids is 2. The summed E-state index contributed by atoms with van der Waals surface area (Å²) in [5, 5.41) is 9.69. The molecule has 0 aliphatic carbocycles. The zero-order valence-corrected chi connectivity index (χ0v) is 50.8. The molecule has 76 heavy (non-hydrogen) atoms. The molecule has 0 aliphatic rings. The summed E-state index contributed by atoms with van der Waals surface area (Å²) in [5.41, 5.74) is 0. The molecule has 0 aliphatic heterocycles. The predicted molar refractivity (Wildman–Crippen MR) is 334 cm³/mol. The summed E-state index contributed by atoms with van der Waals surface area (Å²) in [6.45, 7) is 4.06. The third kappa shape index (κ3) is 63.9. The molecule has 0 saturated carbocycles. The fourth-order valence-corrected chi connectivity index (χ4v) is 9.99. The first-order valence-electron chi connectivity index (χ1n) is 33.5. The molecule has 0 bridgehead atoms. The van der Waals surface area contributed by atoms with Gasteiger partial charge in [-0.3, -0.25) is 9.59 Å². The van der Waals surface area contributed by atoms with Crippen LogP contribution >= 0.6 is 0 Å². The van der Waals surface area contributed by atoms with E-state index in [0.29, 0.717) is 12.8 Å². The van der Waals surface area contributed by atoms with Crippen LogP contribution in [0.15, 0.2) is 72.9 Å². The van der Waals surface area contributed by atoms with Gasteiger partial charge in [0.2, 0.25) is 0 Å². The van der Waals surface area contributed by atoms with E-state index >= 15 is 0 Å². The Balaban J connectivity index is 3.42. The quantitative estimate of drug-likeness (QED) is 0.0373. The van der Waals surface area contributed by atoms with Crippen molar-refractivity contribution in [2.75, 3.05) is 13.2 Å². The van der Waals surface area contributed by atoms with E-state index in [1.807, 2.05) is 0 Å². The number of hydrogen-bond acceptors (Lipinski definition) is 5. The van der Waals surface area contributed by atoms with E-state index in [1.165, 1.54) is 250 Å². The van der Waals surface area contributed by atoms with Gasteiger partial charge in [-0.2, -0.15) is 0 Å². The monoisotopic (exact) mass is 1060 g/mol. The van der Waals surface area contributed by atoms with E-state index in [-0.39, 0.29) is 25.2 Å². The van der Waals surface area contributed by atoms with Gasteiger partial charge in [-0.15, -0.1) is 0 Å². The summed E-state index contributed by atoms with van der Waals surface area (Å²) in [4.78, 5) is 24.6. The molecule has 1 unspecified atom stereocenters. The average molecular weight is 1060 g/mol. The van der Waals surface area contributed by atoms with Crippen molar-refractivity contribution >= 4 is 11.9 Å². The number of aliphatic hydroxyl groups is 1. The van der Waals surface area contributed by atoms with Crippen molar-refractivity contribution < 1.29 is 24.2 Å². The van der Waals surface area contributed by atoms with Crippen molar-refractivity contribution in [1.82, 2.24) is 0 Å². The molecule has 1 N–H and O–H groups in total. The van der Waals surface area contributed by atoms with Crippen LogP contribution in [0.25, 0.3) is 0 Å². The molecule has 0 spiro atoms. The Bertz CT molecular complexity index is 1340. The van der Waals surface area contributed by atoms with Crippen LogP contribution in [-0.4, -0.2) is 36.4 Å². The van der Waals surface area contributed by atoms with Crippen LogP contribution in [0.1, 0.15) is 348 Å². The third-order valence-electron chi connectivity index (χ3n) is 15.0. The highest BCUT2D eigenvalue weighted by atomic mass is 16.6. The predicted octanol–water partition coefficient (Wildman–Crippen LogP) is 23.1. The van der Waals surface area contributed by atoms with Gasteiger partial charge in [0.15, 0.2) is 6.10 Å². The Kier molecular flexibility index (Phi) is 64.3. The molecule has 442 valence electrons. The number of allylic oxidation sites excluding steroid dienone is 12. The van der Waals surface area contributed by atoms with E-state index in [2.05, 4.69) is 86.8 Å². The van der Waals surface area contributed by atoms with Crippen molar-refractivity contribution in [3.8, 4) is 0 Å². The Labute approximate surface area is 473 Å². The Hall–Kier alpha value is -2.66. The van der Waals surface area contributed by atoms with Crippen LogP contribution in [0.3, 0.4) is 0 Å². The lowest BCUT2D eigenvalue weighted by atomic mass is 10.0. The smallest absolute Gasteiger partial charge is 0.306 e. The van der Waals surface area contributed by atoms with Gasteiger partial charge in [0.1, 0.15) is 6.61 Å². The number of hydrogen-bond donors (Lipinski definition) is 1. The second kappa shape index (κ2) is 66.6. The Morgan fingerprint density at radius 3 is 0.855 bits per heavy atom. The minimum atomic E-state index is -0.774. The fraction of sp³-hybridized carbons (Fsp3) is 0.803. The van der Waals surface area contributed by atoms with Crippen LogP contribution in [0.4, 0.5) is 0 Å². The maximum Gasteiger partial charge on any atom is 0.306 e. The molecule has 0 aromatic heterocycles. The molecule has 0 radical (unpaired) electrons. The second-order valence-corrected chi connectivity index (χ2v) is 22.5. The molecular weight excluding hydrogens is 933 g/mol. The van der Waals surface area contributed by atoms with Gasteiger partial charge < -0.3 is 14.6 Å². The second-order valence-electron chi connectivity index (χ2n) is 22.5. The van der Waals surface area contributed by atoms with E-state index < -0.39 is 6.10 Å². The van der Waals surface area contributed by atoms with E-state index in [0.717, 1.165) is 70.6 Å². The molecule has 1 atom stereocenters. The lowest BCUT2D eigenvalue weighted by Gasteiger charge is -2.15. The number of aliphatic hydroxyl groups excluding tert-OH is 1. The minimum absolute atomic E-state index is 0.0630. The number of rotatable bonds is 62. The normalized spacial score (nSPS) is 12.6. The number of carbonyl (C=O) groups is 2. The zero-order chi connectivity index (χ0) is 54.8. The van der Waals surface area contributed by atoms with Crippen molar-refractivity contribution in [2.24, 2.45) is 0 Å². The van der Waals surface area contributed by atoms with E-state index in [1.54, 1.807) is 0 Å². The van der Waals surface area contributed by atoms with Crippen molar-refractivity contribution in [3.63, 3.8) is 0 Å². The maximum absolute atomic E-state index is 12.4. The van der Waals surface area contributed by atoms with Gasteiger partial charge in [-0.1, -0.05) is 324 Å². The summed E-state index contributed by atoms with van der Waals surface area (Å²) in [5.74, 6) is -0.574. The summed E-state index contributed by atoms with van der Waals surface area (Å²) in [6, 6.07) is 0. The summed E-state index contributed by atoms with van der Waals surface area (Å²) in [7, 11) is 0. The zero-order valence-electron chi connectivity index (χ0n) is 50.8. The standard InChI is InChI=1S/C71H128O5/c1-3-5-7-9-11-13-15-17-19-21-23-25-27-29-31-33-34-35-36-38-39-41-43-45-47-49-51-53-55-57-59-61-63-65-70(73)75-68-69(67-72)76-71(74)66-64-62-60-58-56-54-52-50-48-46-44-42-40-37-32-30-28-26-24-22-20-18-16-14-12-10-8-6-4-2/h6,8,12,14-15,17-18,20-21,23-24,26,69,72H,3-5,7,9-11,13,16,19,22,25,27-68H2,1-2H3/b8-6-,14-12-,17-15-,20-18-,23-21-,26-24-. The number of unbranched alkanes of at least 4 members (excludes halogenated alkanes) is 42. The van der Waals surface area contributed by atoms with Crippen LogP contribution in [0.2, 0.25) is 0 Å². The average Bonchev–Trinajstić information content (AvgIpc) is 3.42. The molecule has 0 aromatic rings. The number of ether oxygens (including phenoxy) is 2. The third-order valence-corrected chi connectivity index (χ3v) is 15.0. The van der Waals surface area contributed by atoms with Crippen molar-refractivity contribution in [2.45, 2.75) is 354 Å². The van der Waals surface area contributed by atoms with Gasteiger partial charge in [0.25, 0.3) is 0 Å². The molecule has 0 fully saturated rings. The van der Waals surface area contributed by atoms with Gasteiger partial charge in [-0.05, 0) is 83.5 Å². The first-order valence-corrected chi connectivity index (χ1v) is 33.5. The summed E-state index contributed by atoms with van der Waals surface area (Å²) >= 11 is 0. The summed E-state index contributed by atoms with van der Waals surface area (Å²) < 4.78 is 10.8. The van der Waals surface area contributed by atoms with Gasteiger partial charge in [-0.25, -0.2) is 0 Å². The summed E-state index contributed by atoms with van der Waals surface area (Å²) in [6.07, 6.45) is 92.1. The van der Waals surface area contributed by atoms with Gasteiger partial charge >= 0.3 is 11.9 Å². The van der Waals surface area contributed by atoms with Crippen LogP contribution < -0.4 is 0 Å². The molecule has 5 nitrogen and oxygen atoms in total. The number of esters is 2. The highest BCUT2D eigenvalue weighted by molar-refractivity contribution is 5.70. The lowest BCUT2D eigenvalue weighted by molar-refractivity contribution is -0.161. The molecule has 0 amide bonds. The topological polar surface area (TPSA) is 72.8 Å². The molecule has 0 heterocycles. The first-order chi connectivity index (χ1) is 37.6. The Morgan fingerprint density at radius 2 is 0.566 bits per heavy atom. The SMILES string of the molecule is CC/C=C\C/C=C\C/C=C\C/C=C\CCCCCCCCCCCCCCCCCCC(=O)OC(CO)COC(=O)CCCCCCCCCCCCCCCCCCCCCCC/C=C\C/C=C\CCCCCCC. The fourth-order valence-electron chi connectivity index (χ4n) is 9.99. The first kappa shape index (κ1) is 73.3. The highest BCUT2D eigenvalue weighted by Gasteiger charge is 2.16. The molecule has 0 rings (SSSR count). The van der Waals surface area contributed by atoms with Crippen LogP contribution in [-0.2, 0) is 19.1 Å². The molecule has 0 saturated heterocycles. The van der Waals surface area contributed by atoms with Crippen LogP contribution in [0.5, 0.6) is 0 Å².